The molecule has 0 saturated carbocycles. The van der Waals surface area contributed by atoms with Crippen LogP contribution in [-0.4, -0.2) is 13.1 Å². The average molecular weight is 355 g/mol. The third-order valence-corrected chi connectivity index (χ3v) is 4.79. The quantitative estimate of drug-likeness (QED) is 0.865. The molecule has 20 heavy (non-hydrogen) atoms. The second-order valence-corrected chi connectivity index (χ2v) is 6.59. The Kier molecular flexibility index (Phi) is 3.85. The van der Waals surface area contributed by atoms with Crippen LogP contribution < -0.4 is 5.32 Å². The van der Waals surface area contributed by atoms with Crippen molar-refractivity contribution >= 4 is 27.5 Å². The zero-order valence-electron chi connectivity index (χ0n) is 10.8. The van der Waals surface area contributed by atoms with Crippen molar-refractivity contribution in [3.63, 3.8) is 0 Å². The molecule has 0 radical (unpaired) electrons. The van der Waals surface area contributed by atoms with Gasteiger partial charge in [-0.1, -0.05) is 45.7 Å². The topological polar surface area (TPSA) is 12.0 Å². The minimum absolute atomic E-state index is 0.0738. The van der Waals surface area contributed by atoms with Gasteiger partial charge in [-0.25, -0.2) is 4.39 Å². The van der Waals surface area contributed by atoms with E-state index < -0.39 is 0 Å². The van der Waals surface area contributed by atoms with Crippen molar-refractivity contribution in [1.29, 1.82) is 0 Å². The van der Waals surface area contributed by atoms with Crippen molar-refractivity contribution in [3.05, 3.63) is 68.9 Å². The van der Waals surface area contributed by atoms with Gasteiger partial charge in [-0.05, 0) is 36.2 Å². The second kappa shape index (κ2) is 5.47. The van der Waals surface area contributed by atoms with E-state index in [1.807, 2.05) is 12.1 Å². The Labute approximate surface area is 131 Å². The maximum atomic E-state index is 14.0. The van der Waals surface area contributed by atoms with E-state index in [0.717, 1.165) is 17.6 Å². The van der Waals surface area contributed by atoms with Gasteiger partial charge >= 0.3 is 0 Å². The van der Waals surface area contributed by atoms with Gasteiger partial charge in [-0.3, -0.25) is 0 Å². The molecule has 0 unspecified atom stereocenters. The summed E-state index contributed by atoms with van der Waals surface area (Å²) in [4.78, 5) is 0. The molecule has 2 aromatic carbocycles. The molecule has 0 aromatic heterocycles. The largest absolute Gasteiger partial charge is 0.315 e. The van der Waals surface area contributed by atoms with Crippen LogP contribution in [-0.2, 0) is 11.8 Å². The average Bonchev–Trinajstić information content (AvgIpc) is 2.36. The van der Waals surface area contributed by atoms with Crippen LogP contribution in [0, 0.1) is 5.82 Å². The molecule has 104 valence electrons. The summed E-state index contributed by atoms with van der Waals surface area (Å²) in [6.07, 6.45) is 0.613. The van der Waals surface area contributed by atoms with Gasteiger partial charge in [0.25, 0.3) is 0 Å². The highest BCUT2D eigenvalue weighted by Gasteiger charge is 2.39. The molecule has 1 N–H and O–H groups in total. The molecule has 1 heterocycles. The van der Waals surface area contributed by atoms with E-state index in [9.17, 15) is 4.39 Å². The zero-order valence-corrected chi connectivity index (χ0v) is 13.1. The Hall–Kier alpha value is -0.900. The first-order valence-corrected chi connectivity index (χ1v) is 7.67. The van der Waals surface area contributed by atoms with Crippen molar-refractivity contribution in [3.8, 4) is 0 Å². The van der Waals surface area contributed by atoms with Crippen LogP contribution >= 0.6 is 27.5 Å². The molecule has 0 atom stereocenters. The normalized spacial score (nSPS) is 16.8. The fraction of sp³-hybridized carbons (Fsp3) is 0.250. The van der Waals surface area contributed by atoms with Crippen LogP contribution in [0.25, 0.3) is 0 Å². The van der Waals surface area contributed by atoms with Gasteiger partial charge < -0.3 is 5.32 Å². The van der Waals surface area contributed by atoms with Crippen molar-refractivity contribution in [2.75, 3.05) is 13.1 Å². The maximum absolute atomic E-state index is 14.0. The lowest BCUT2D eigenvalue weighted by molar-refractivity contribution is 0.272. The minimum Gasteiger partial charge on any atom is -0.315 e. The summed E-state index contributed by atoms with van der Waals surface area (Å²) >= 11 is 9.67. The molecule has 4 heteroatoms. The number of rotatable bonds is 3. The predicted octanol–water partition coefficient (Wildman–Crippen LogP) is 4.33. The van der Waals surface area contributed by atoms with Gasteiger partial charge in [0, 0.05) is 33.6 Å². The Balaban J connectivity index is 1.98. The molecular formula is C16H14BrClFN. The SMILES string of the molecule is Fc1cccc(Cl)c1CC1(c2cccc(Br)c2)CNC1. The first-order valence-electron chi connectivity index (χ1n) is 6.50. The molecule has 0 aliphatic carbocycles. The Bertz CT molecular complexity index is 620. The van der Waals surface area contributed by atoms with Crippen molar-refractivity contribution in [2.24, 2.45) is 0 Å². The fourth-order valence-electron chi connectivity index (χ4n) is 2.72. The minimum atomic E-state index is -0.223. The highest BCUT2D eigenvalue weighted by Crippen LogP contribution is 2.36. The van der Waals surface area contributed by atoms with Gasteiger partial charge in [0.2, 0.25) is 0 Å². The first-order chi connectivity index (χ1) is 9.61. The van der Waals surface area contributed by atoms with E-state index in [1.54, 1.807) is 12.1 Å². The standard InChI is InChI=1S/C16H14BrClFN/c17-12-4-1-3-11(7-12)16(9-20-10-16)8-13-14(18)5-2-6-15(13)19/h1-7,20H,8-10H2. The second-order valence-electron chi connectivity index (χ2n) is 5.27. The first kappa shape index (κ1) is 14.1. The monoisotopic (exact) mass is 353 g/mol. The van der Waals surface area contributed by atoms with E-state index >= 15 is 0 Å². The zero-order chi connectivity index (χ0) is 14.2. The molecule has 2 aromatic rings. The van der Waals surface area contributed by atoms with Crippen LogP contribution in [0.2, 0.25) is 5.02 Å². The Morgan fingerprint density at radius 1 is 1.20 bits per heavy atom. The summed E-state index contributed by atoms with van der Waals surface area (Å²) in [5.74, 6) is -0.223. The van der Waals surface area contributed by atoms with Crippen LogP contribution in [0.15, 0.2) is 46.9 Å². The summed E-state index contributed by atoms with van der Waals surface area (Å²) in [7, 11) is 0. The number of nitrogens with one attached hydrogen (secondary N) is 1. The highest BCUT2D eigenvalue weighted by atomic mass is 79.9. The van der Waals surface area contributed by atoms with E-state index in [4.69, 9.17) is 11.6 Å². The summed E-state index contributed by atoms with van der Waals surface area (Å²) < 4.78 is 15.1. The molecule has 1 fully saturated rings. The molecule has 1 aliphatic rings. The smallest absolute Gasteiger partial charge is 0.127 e. The lowest BCUT2D eigenvalue weighted by Gasteiger charge is -2.43. The molecule has 3 rings (SSSR count). The van der Waals surface area contributed by atoms with Crippen LogP contribution in [0.5, 0.6) is 0 Å². The van der Waals surface area contributed by atoms with Crippen LogP contribution in [0.4, 0.5) is 4.39 Å². The van der Waals surface area contributed by atoms with Gasteiger partial charge in [0.15, 0.2) is 0 Å². The van der Waals surface area contributed by atoms with Crippen LogP contribution in [0.1, 0.15) is 11.1 Å². The molecule has 1 nitrogen and oxygen atoms in total. The molecule has 0 amide bonds. The third kappa shape index (κ3) is 2.50. The Morgan fingerprint density at radius 2 is 1.95 bits per heavy atom. The van der Waals surface area contributed by atoms with Crippen molar-refractivity contribution in [2.45, 2.75) is 11.8 Å². The summed E-state index contributed by atoms with van der Waals surface area (Å²) in [6, 6.07) is 13.1. The third-order valence-electron chi connectivity index (χ3n) is 3.94. The van der Waals surface area contributed by atoms with Gasteiger partial charge in [0.05, 0.1) is 0 Å². The fourth-order valence-corrected chi connectivity index (χ4v) is 3.34. The van der Waals surface area contributed by atoms with E-state index in [0.29, 0.717) is 17.0 Å². The molecule has 0 spiro atoms. The Morgan fingerprint density at radius 3 is 2.55 bits per heavy atom. The van der Waals surface area contributed by atoms with Crippen molar-refractivity contribution in [1.82, 2.24) is 5.32 Å². The van der Waals surface area contributed by atoms with E-state index in [-0.39, 0.29) is 11.2 Å². The number of hydrogen-bond acceptors (Lipinski definition) is 1. The van der Waals surface area contributed by atoms with Crippen LogP contribution in [0.3, 0.4) is 0 Å². The summed E-state index contributed by atoms with van der Waals surface area (Å²) in [5, 5.41) is 3.80. The molecule has 1 saturated heterocycles. The number of halogens is 3. The van der Waals surface area contributed by atoms with Gasteiger partial charge in [0.1, 0.15) is 5.82 Å². The highest BCUT2D eigenvalue weighted by molar-refractivity contribution is 9.10. The summed E-state index contributed by atoms with van der Waals surface area (Å²) in [5.41, 5.74) is 1.75. The molecule has 0 bridgehead atoms. The lowest BCUT2D eigenvalue weighted by atomic mass is 9.71. The number of hydrogen-bond donors (Lipinski definition) is 1. The number of benzene rings is 2. The van der Waals surface area contributed by atoms with Gasteiger partial charge in [-0.15, -0.1) is 0 Å². The molecular weight excluding hydrogens is 341 g/mol. The van der Waals surface area contributed by atoms with Crippen molar-refractivity contribution < 1.29 is 4.39 Å². The molecule has 1 aliphatic heterocycles. The maximum Gasteiger partial charge on any atom is 0.127 e. The summed E-state index contributed by atoms with van der Waals surface area (Å²) in [6.45, 7) is 1.68. The van der Waals surface area contributed by atoms with E-state index in [1.165, 1.54) is 11.6 Å². The van der Waals surface area contributed by atoms with Gasteiger partial charge in [-0.2, -0.15) is 0 Å². The van der Waals surface area contributed by atoms with E-state index in [2.05, 4.69) is 33.4 Å². The lowest BCUT2D eigenvalue weighted by Crippen LogP contribution is -2.58. The predicted molar refractivity (Wildman–Crippen MR) is 83.8 cm³/mol.